The van der Waals surface area contributed by atoms with E-state index in [4.69, 9.17) is 9.15 Å². The minimum Gasteiger partial charge on any atom is -0.463 e. The number of alkyl halides is 1. The van der Waals surface area contributed by atoms with Gasteiger partial charge in [0.2, 0.25) is 5.89 Å². The molecule has 1 heterocycles. The molecule has 20 heavy (non-hydrogen) atoms. The summed E-state index contributed by atoms with van der Waals surface area (Å²) in [4.78, 5) is 15.5. The van der Waals surface area contributed by atoms with Gasteiger partial charge in [-0.15, -0.1) is 0 Å². The molecule has 1 aromatic heterocycles. The van der Waals surface area contributed by atoms with Gasteiger partial charge in [-0.1, -0.05) is 15.9 Å². The van der Waals surface area contributed by atoms with Gasteiger partial charge >= 0.3 is 5.97 Å². The van der Waals surface area contributed by atoms with E-state index in [1.165, 1.54) is 30.7 Å². The zero-order chi connectivity index (χ0) is 14.5. The van der Waals surface area contributed by atoms with E-state index < -0.39 is 5.97 Å². The molecular weight excluding hydrogens is 329 g/mol. The number of nitrogens with zero attached hydrogens (tertiary/aromatic N) is 1. The highest BCUT2D eigenvalue weighted by Gasteiger charge is 2.21. The van der Waals surface area contributed by atoms with Gasteiger partial charge in [0.05, 0.1) is 12.8 Å². The van der Waals surface area contributed by atoms with Gasteiger partial charge in [0.25, 0.3) is 0 Å². The molecule has 0 N–H and O–H groups in total. The van der Waals surface area contributed by atoms with Gasteiger partial charge in [-0.05, 0) is 31.1 Å². The largest absolute Gasteiger partial charge is 0.463 e. The Bertz CT molecular complexity index is 575. The van der Waals surface area contributed by atoms with Crippen molar-refractivity contribution in [3.8, 4) is 0 Å². The number of oxazole rings is 1. The highest BCUT2D eigenvalue weighted by atomic mass is 79.9. The number of rotatable bonds is 4. The number of carbonyl (C=O) groups excluding carboxylic acids is 1. The lowest BCUT2D eigenvalue weighted by atomic mass is 9.96. The van der Waals surface area contributed by atoms with E-state index in [2.05, 4.69) is 20.9 Å². The summed E-state index contributed by atoms with van der Waals surface area (Å²) in [7, 11) is 0. The smallest absolute Gasteiger partial charge is 0.331 e. The average molecular weight is 342 g/mol. The van der Waals surface area contributed by atoms with Crippen LogP contribution in [0.1, 0.15) is 19.2 Å². The first-order valence-electron chi connectivity index (χ1n) is 6.10. The van der Waals surface area contributed by atoms with Gasteiger partial charge in [-0.2, -0.15) is 0 Å². The number of allylic oxidation sites excluding steroid dienone is 5. The Morgan fingerprint density at radius 2 is 2.50 bits per heavy atom. The van der Waals surface area contributed by atoms with Crippen LogP contribution < -0.4 is 0 Å². The van der Waals surface area contributed by atoms with Crippen molar-refractivity contribution in [2.45, 2.75) is 18.2 Å². The molecule has 0 aliphatic heterocycles. The summed E-state index contributed by atoms with van der Waals surface area (Å²) in [6.45, 7) is 1.98. The molecule has 0 aromatic carbocycles. The molecule has 1 aliphatic carbocycles. The summed E-state index contributed by atoms with van der Waals surface area (Å²) in [5.41, 5.74) is 1.06. The van der Waals surface area contributed by atoms with Crippen LogP contribution in [0.2, 0.25) is 0 Å². The van der Waals surface area contributed by atoms with Gasteiger partial charge in [-0.3, -0.25) is 0 Å². The van der Waals surface area contributed by atoms with E-state index in [-0.39, 0.29) is 23.2 Å². The monoisotopic (exact) mass is 341 g/mol. The molecule has 0 saturated carbocycles. The SMILES string of the molecule is CCOC(=O)C=C(C1=CC(F)=CC(Br)C1)c1ncco1. The van der Waals surface area contributed by atoms with Gasteiger partial charge < -0.3 is 9.15 Å². The maximum atomic E-state index is 13.5. The number of hydrogen-bond donors (Lipinski definition) is 0. The lowest BCUT2D eigenvalue weighted by molar-refractivity contribution is -0.137. The van der Waals surface area contributed by atoms with E-state index in [1.807, 2.05) is 0 Å². The van der Waals surface area contributed by atoms with Crippen LogP contribution in [0.25, 0.3) is 5.57 Å². The molecule has 0 bridgehead atoms. The van der Waals surface area contributed by atoms with E-state index >= 15 is 0 Å². The van der Waals surface area contributed by atoms with Crippen molar-refractivity contribution in [2.24, 2.45) is 0 Å². The number of hydrogen-bond acceptors (Lipinski definition) is 4. The maximum absolute atomic E-state index is 13.5. The van der Waals surface area contributed by atoms with Crippen LogP contribution in [-0.4, -0.2) is 22.4 Å². The predicted molar refractivity (Wildman–Crippen MR) is 75.7 cm³/mol. The predicted octanol–water partition coefficient (Wildman–Crippen LogP) is 3.57. The van der Waals surface area contributed by atoms with Crippen molar-refractivity contribution in [3.05, 3.63) is 48.0 Å². The molecule has 1 aliphatic rings. The van der Waals surface area contributed by atoms with E-state index in [9.17, 15) is 9.18 Å². The fraction of sp³-hybridized carbons (Fsp3) is 0.286. The fourth-order valence-electron chi connectivity index (χ4n) is 1.85. The zero-order valence-electron chi connectivity index (χ0n) is 10.8. The Morgan fingerprint density at radius 1 is 1.70 bits per heavy atom. The maximum Gasteiger partial charge on any atom is 0.331 e. The Hall–Kier alpha value is -1.69. The number of aromatic nitrogens is 1. The summed E-state index contributed by atoms with van der Waals surface area (Å²) in [6, 6.07) is 0. The molecule has 1 aromatic rings. The lowest BCUT2D eigenvalue weighted by Crippen LogP contribution is -2.07. The van der Waals surface area contributed by atoms with Crippen molar-refractivity contribution in [2.75, 3.05) is 6.61 Å². The van der Waals surface area contributed by atoms with Crippen LogP contribution in [0.4, 0.5) is 4.39 Å². The third-order valence-corrected chi connectivity index (χ3v) is 3.21. The zero-order valence-corrected chi connectivity index (χ0v) is 12.4. The van der Waals surface area contributed by atoms with E-state index in [0.29, 0.717) is 17.6 Å². The number of esters is 1. The molecule has 4 nitrogen and oxygen atoms in total. The van der Waals surface area contributed by atoms with Crippen LogP contribution in [0.3, 0.4) is 0 Å². The van der Waals surface area contributed by atoms with Crippen LogP contribution in [-0.2, 0) is 9.53 Å². The van der Waals surface area contributed by atoms with Crippen LogP contribution in [0, 0.1) is 0 Å². The molecule has 6 heteroatoms. The molecule has 1 atom stereocenters. The summed E-state index contributed by atoms with van der Waals surface area (Å²) in [5, 5.41) is 0. The van der Waals surface area contributed by atoms with Gasteiger partial charge in [0.1, 0.15) is 12.1 Å². The van der Waals surface area contributed by atoms with Crippen molar-refractivity contribution in [3.63, 3.8) is 0 Å². The molecule has 2 rings (SSSR count). The van der Waals surface area contributed by atoms with Crippen molar-refractivity contribution < 1.29 is 18.3 Å². The lowest BCUT2D eigenvalue weighted by Gasteiger charge is -2.15. The second kappa shape index (κ2) is 6.65. The molecule has 1 unspecified atom stereocenters. The molecule has 0 spiro atoms. The molecule has 0 radical (unpaired) electrons. The van der Waals surface area contributed by atoms with E-state index in [1.54, 1.807) is 6.92 Å². The second-order valence-corrected chi connectivity index (χ2v) is 5.26. The molecule has 0 saturated heterocycles. The minimum atomic E-state index is -0.511. The summed E-state index contributed by atoms with van der Waals surface area (Å²) >= 11 is 3.35. The van der Waals surface area contributed by atoms with Crippen molar-refractivity contribution in [1.82, 2.24) is 4.98 Å². The third-order valence-electron chi connectivity index (χ3n) is 2.62. The summed E-state index contributed by atoms with van der Waals surface area (Å²) in [6.07, 6.45) is 7.50. The fourth-order valence-corrected chi connectivity index (χ4v) is 2.45. The van der Waals surface area contributed by atoms with Crippen molar-refractivity contribution >= 4 is 27.5 Å². The molecule has 106 valence electrons. The Morgan fingerprint density at radius 3 is 3.10 bits per heavy atom. The molecule has 0 amide bonds. The minimum absolute atomic E-state index is 0.136. The van der Waals surface area contributed by atoms with Gasteiger partial charge in [-0.25, -0.2) is 14.2 Å². The molecule has 0 fully saturated rings. The first kappa shape index (κ1) is 14.7. The second-order valence-electron chi connectivity index (χ2n) is 4.09. The first-order chi connectivity index (χ1) is 9.60. The van der Waals surface area contributed by atoms with Crippen LogP contribution >= 0.6 is 15.9 Å². The highest BCUT2D eigenvalue weighted by molar-refractivity contribution is 9.09. The van der Waals surface area contributed by atoms with Gasteiger partial charge in [0.15, 0.2) is 0 Å². The normalized spacial score (nSPS) is 19.4. The average Bonchev–Trinajstić information content (AvgIpc) is 2.88. The Balaban J connectivity index is 2.38. The quantitative estimate of drug-likeness (QED) is 0.477. The third kappa shape index (κ3) is 3.66. The van der Waals surface area contributed by atoms with Crippen LogP contribution in [0.5, 0.6) is 0 Å². The highest BCUT2D eigenvalue weighted by Crippen LogP contribution is 2.33. The topological polar surface area (TPSA) is 52.3 Å². The summed E-state index contributed by atoms with van der Waals surface area (Å²) < 4.78 is 23.6. The van der Waals surface area contributed by atoms with Crippen LogP contribution in [0.15, 0.2) is 46.5 Å². The standard InChI is InChI=1S/C14H13BrFNO3/c1-2-19-13(18)8-12(14-17-3-4-20-14)9-5-10(15)7-11(16)6-9/h3-4,6-8,10H,2,5H2,1H3. The molecular formula is C14H13BrFNO3. The number of carbonyl (C=O) groups is 1. The Kier molecular flexibility index (Phi) is 4.89. The first-order valence-corrected chi connectivity index (χ1v) is 7.02. The summed E-state index contributed by atoms with van der Waals surface area (Å²) in [5.74, 6) is -0.615. The number of ether oxygens (including phenoxy) is 1. The van der Waals surface area contributed by atoms with E-state index in [0.717, 1.165) is 0 Å². The number of halogens is 2. The van der Waals surface area contributed by atoms with Crippen molar-refractivity contribution in [1.29, 1.82) is 0 Å². The Labute approximate surface area is 124 Å². The van der Waals surface area contributed by atoms with Gasteiger partial charge in [0, 0.05) is 16.5 Å².